The van der Waals surface area contributed by atoms with E-state index in [1.54, 1.807) is 0 Å². The van der Waals surface area contributed by atoms with Crippen molar-refractivity contribution in [3.63, 3.8) is 0 Å². The highest BCUT2D eigenvalue weighted by Crippen LogP contribution is 2.37. The monoisotopic (exact) mass is 216 g/mol. The molecule has 0 bridgehead atoms. The average molecular weight is 216 g/mol. The Morgan fingerprint density at radius 2 is 1.88 bits per heavy atom. The standard InChI is InChI=1S/C13H12O3/c14-11-7-16-13-9-4-2-1-3-8(9)5-6-10(13)12(11)15/h1-6,11-12,14-15H,7H2. The Balaban J connectivity index is 2.27. The summed E-state index contributed by atoms with van der Waals surface area (Å²) in [5.74, 6) is 0.691. The third-order valence-electron chi connectivity index (χ3n) is 2.99. The van der Waals surface area contributed by atoms with E-state index in [4.69, 9.17) is 4.74 Å². The van der Waals surface area contributed by atoms with Crippen molar-refractivity contribution >= 4 is 10.8 Å². The van der Waals surface area contributed by atoms with E-state index in [1.807, 2.05) is 36.4 Å². The third kappa shape index (κ3) is 1.29. The van der Waals surface area contributed by atoms with Crippen molar-refractivity contribution in [3.8, 4) is 5.75 Å². The molecule has 0 saturated heterocycles. The van der Waals surface area contributed by atoms with Crippen molar-refractivity contribution in [2.24, 2.45) is 0 Å². The van der Waals surface area contributed by atoms with E-state index in [9.17, 15) is 10.2 Å². The number of rotatable bonds is 0. The molecule has 1 heterocycles. The first-order valence-corrected chi connectivity index (χ1v) is 5.28. The highest BCUT2D eigenvalue weighted by Gasteiger charge is 2.28. The maximum Gasteiger partial charge on any atom is 0.133 e. The van der Waals surface area contributed by atoms with Gasteiger partial charge in [-0.3, -0.25) is 0 Å². The van der Waals surface area contributed by atoms with Gasteiger partial charge in [0.15, 0.2) is 0 Å². The van der Waals surface area contributed by atoms with Crippen LogP contribution in [0.3, 0.4) is 0 Å². The Bertz CT molecular complexity index is 536. The molecule has 16 heavy (non-hydrogen) atoms. The second-order valence-electron chi connectivity index (χ2n) is 4.03. The first-order chi connectivity index (χ1) is 7.77. The van der Waals surface area contributed by atoms with E-state index in [-0.39, 0.29) is 6.61 Å². The Morgan fingerprint density at radius 1 is 1.06 bits per heavy atom. The largest absolute Gasteiger partial charge is 0.490 e. The fraction of sp³-hybridized carbons (Fsp3) is 0.231. The van der Waals surface area contributed by atoms with Gasteiger partial charge in [-0.25, -0.2) is 0 Å². The SMILES string of the molecule is OC1COc2c(ccc3ccccc23)C1O. The van der Waals surface area contributed by atoms with Gasteiger partial charge in [-0.2, -0.15) is 0 Å². The fourth-order valence-electron chi connectivity index (χ4n) is 2.12. The molecule has 3 nitrogen and oxygen atoms in total. The molecule has 2 aromatic rings. The van der Waals surface area contributed by atoms with E-state index in [1.165, 1.54) is 0 Å². The molecule has 0 amide bonds. The molecule has 0 aromatic heterocycles. The number of hydrogen-bond acceptors (Lipinski definition) is 3. The zero-order valence-corrected chi connectivity index (χ0v) is 8.63. The smallest absolute Gasteiger partial charge is 0.133 e. The van der Waals surface area contributed by atoms with Gasteiger partial charge in [-0.1, -0.05) is 36.4 Å². The third-order valence-corrected chi connectivity index (χ3v) is 2.99. The molecular weight excluding hydrogens is 204 g/mol. The van der Waals surface area contributed by atoms with Crippen LogP contribution in [0, 0.1) is 0 Å². The summed E-state index contributed by atoms with van der Waals surface area (Å²) in [6.07, 6.45) is -1.69. The molecule has 3 rings (SSSR count). The first-order valence-electron chi connectivity index (χ1n) is 5.28. The number of aliphatic hydroxyl groups excluding tert-OH is 2. The number of benzene rings is 2. The molecule has 0 spiro atoms. The molecule has 2 atom stereocenters. The molecule has 0 saturated carbocycles. The molecule has 3 heteroatoms. The van der Waals surface area contributed by atoms with E-state index in [2.05, 4.69) is 0 Å². The second kappa shape index (κ2) is 3.47. The summed E-state index contributed by atoms with van der Waals surface area (Å²) in [6.45, 7) is 0.141. The van der Waals surface area contributed by atoms with Crippen molar-refractivity contribution < 1.29 is 14.9 Å². The molecule has 82 valence electrons. The summed E-state index contributed by atoms with van der Waals surface area (Å²) in [7, 11) is 0. The Labute approximate surface area is 92.9 Å². The van der Waals surface area contributed by atoms with Crippen LogP contribution < -0.4 is 4.74 Å². The van der Waals surface area contributed by atoms with Gasteiger partial charge < -0.3 is 14.9 Å². The van der Waals surface area contributed by atoms with Crippen LogP contribution in [-0.2, 0) is 0 Å². The number of aliphatic hydroxyl groups is 2. The minimum Gasteiger partial charge on any atom is -0.490 e. The van der Waals surface area contributed by atoms with Crippen molar-refractivity contribution in [1.82, 2.24) is 0 Å². The van der Waals surface area contributed by atoms with Crippen LogP contribution in [0.2, 0.25) is 0 Å². The van der Waals surface area contributed by atoms with E-state index < -0.39 is 12.2 Å². The molecular formula is C13H12O3. The van der Waals surface area contributed by atoms with Gasteiger partial charge in [0.25, 0.3) is 0 Å². The van der Waals surface area contributed by atoms with Crippen molar-refractivity contribution in [2.45, 2.75) is 12.2 Å². The van der Waals surface area contributed by atoms with Gasteiger partial charge in [0.05, 0.1) is 0 Å². The number of ether oxygens (including phenoxy) is 1. The van der Waals surface area contributed by atoms with Gasteiger partial charge in [0.2, 0.25) is 0 Å². The van der Waals surface area contributed by atoms with Crippen molar-refractivity contribution in [2.75, 3.05) is 6.61 Å². The van der Waals surface area contributed by atoms with Gasteiger partial charge in [0, 0.05) is 10.9 Å². The average Bonchev–Trinajstić information content (AvgIpc) is 2.33. The molecule has 2 N–H and O–H groups in total. The van der Waals surface area contributed by atoms with Gasteiger partial charge in [-0.15, -0.1) is 0 Å². The summed E-state index contributed by atoms with van der Waals surface area (Å²) in [4.78, 5) is 0. The molecule has 1 aliphatic rings. The number of hydrogen-bond donors (Lipinski definition) is 2. The minimum atomic E-state index is -0.853. The van der Waals surface area contributed by atoms with Crippen molar-refractivity contribution in [3.05, 3.63) is 42.0 Å². The maximum absolute atomic E-state index is 9.86. The quantitative estimate of drug-likeness (QED) is 0.703. The lowest BCUT2D eigenvalue weighted by Gasteiger charge is -2.27. The summed E-state index contributed by atoms with van der Waals surface area (Å²) in [5, 5.41) is 21.4. The van der Waals surface area contributed by atoms with Gasteiger partial charge >= 0.3 is 0 Å². The Kier molecular flexibility index (Phi) is 2.09. The van der Waals surface area contributed by atoms with Crippen LogP contribution in [0.1, 0.15) is 11.7 Å². The summed E-state index contributed by atoms with van der Waals surface area (Å²) >= 11 is 0. The van der Waals surface area contributed by atoms with Crippen molar-refractivity contribution in [1.29, 1.82) is 0 Å². The molecule has 1 aliphatic heterocycles. The number of fused-ring (bicyclic) bond motifs is 3. The summed E-state index contributed by atoms with van der Waals surface area (Å²) in [5.41, 5.74) is 0.664. The minimum absolute atomic E-state index is 0.141. The normalized spacial score (nSPS) is 23.9. The van der Waals surface area contributed by atoms with E-state index >= 15 is 0 Å². The lowest BCUT2D eigenvalue weighted by molar-refractivity contribution is -0.0249. The molecule has 2 aromatic carbocycles. The Hall–Kier alpha value is -1.58. The Morgan fingerprint density at radius 3 is 2.75 bits per heavy atom. The van der Waals surface area contributed by atoms with E-state index in [0.717, 1.165) is 10.8 Å². The topological polar surface area (TPSA) is 49.7 Å². The van der Waals surface area contributed by atoms with Gasteiger partial charge in [-0.05, 0) is 5.39 Å². The summed E-state index contributed by atoms with van der Waals surface area (Å²) < 4.78 is 5.51. The maximum atomic E-state index is 9.86. The van der Waals surface area contributed by atoms with Crippen LogP contribution in [0.4, 0.5) is 0 Å². The molecule has 2 unspecified atom stereocenters. The highest BCUT2D eigenvalue weighted by molar-refractivity contribution is 5.89. The molecule has 0 fully saturated rings. The fourth-order valence-corrected chi connectivity index (χ4v) is 2.12. The van der Waals surface area contributed by atoms with Gasteiger partial charge in [0.1, 0.15) is 24.6 Å². The second-order valence-corrected chi connectivity index (χ2v) is 4.03. The lowest BCUT2D eigenvalue weighted by atomic mass is 9.97. The molecule has 0 aliphatic carbocycles. The lowest BCUT2D eigenvalue weighted by Crippen LogP contribution is -2.30. The van der Waals surface area contributed by atoms with Crippen LogP contribution in [-0.4, -0.2) is 22.9 Å². The van der Waals surface area contributed by atoms with Crippen LogP contribution in [0.5, 0.6) is 5.75 Å². The first kappa shape index (κ1) is 9.63. The summed E-state index contributed by atoms with van der Waals surface area (Å²) in [6, 6.07) is 11.6. The zero-order valence-electron chi connectivity index (χ0n) is 8.63. The van der Waals surface area contributed by atoms with Crippen LogP contribution in [0.25, 0.3) is 10.8 Å². The highest BCUT2D eigenvalue weighted by atomic mass is 16.5. The molecule has 0 radical (unpaired) electrons. The predicted molar refractivity (Wildman–Crippen MR) is 60.4 cm³/mol. The predicted octanol–water partition coefficient (Wildman–Crippen LogP) is 1.63. The van der Waals surface area contributed by atoms with Crippen LogP contribution >= 0.6 is 0 Å². The van der Waals surface area contributed by atoms with Crippen LogP contribution in [0.15, 0.2) is 36.4 Å². The zero-order chi connectivity index (χ0) is 11.1. The van der Waals surface area contributed by atoms with E-state index in [0.29, 0.717) is 11.3 Å².